The lowest BCUT2D eigenvalue weighted by molar-refractivity contribution is -0.122. The van der Waals surface area contributed by atoms with Crippen LogP contribution in [0.3, 0.4) is 0 Å². The van der Waals surface area contributed by atoms with Crippen LogP contribution in [0.25, 0.3) is 0 Å². The first kappa shape index (κ1) is 10.9. The number of rotatable bonds is 1. The molecule has 1 saturated carbocycles. The van der Waals surface area contributed by atoms with E-state index in [1.807, 2.05) is 0 Å². The summed E-state index contributed by atoms with van der Waals surface area (Å²) in [6.07, 6.45) is 5.86. The normalized spacial score (nSPS) is 27.7. The highest BCUT2D eigenvalue weighted by atomic mass is 79.9. The van der Waals surface area contributed by atoms with Gasteiger partial charge in [-0.3, -0.25) is 14.6 Å². The zero-order valence-corrected chi connectivity index (χ0v) is 10.7. The fourth-order valence-electron chi connectivity index (χ4n) is 2.78. The van der Waals surface area contributed by atoms with E-state index in [1.54, 1.807) is 18.5 Å². The van der Waals surface area contributed by atoms with Crippen LogP contribution in [0.4, 0.5) is 5.69 Å². The van der Waals surface area contributed by atoms with E-state index in [-0.39, 0.29) is 23.7 Å². The Bertz CT molecular complexity index is 481. The van der Waals surface area contributed by atoms with Gasteiger partial charge >= 0.3 is 0 Å². The molecular formula is C12H11BrN2O2. The monoisotopic (exact) mass is 294 g/mol. The summed E-state index contributed by atoms with van der Waals surface area (Å²) < 4.78 is 0.682. The van der Waals surface area contributed by atoms with Gasteiger partial charge in [0.15, 0.2) is 0 Å². The van der Waals surface area contributed by atoms with Crippen molar-refractivity contribution in [1.29, 1.82) is 0 Å². The molecule has 2 aliphatic rings. The molecule has 4 nitrogen and oxygen atoms in total. The maximum absolute atomic E-state index is 12.2. The van der Waals surface area contributed by atoms with Crippen LogP contribution in [-0.2, 0) is 9.59 Å². The Morgan fingerprint density at radius 1 is 1.24 bits per heavy atom. The molecule has 0 bridgehead atoms. The zero-order chi connectivity index (χ0) is 12.0. The van der Waals surface area contributed by atoms with E-state index in [1.165, 1.54) is 4.90 Å². The minimum atomic E-state index is -0.0948. The average molecular weight is 295 g/mol. The van der Waals surface area contributed by atoms with Gasteiger partial charge in [0.1, 0.15) is 0 Å². The van der Waals surface area contributed by atoms with Crippen LogP contribution in [0.1, 0.15) is 19.3 Å². The zero-order valence-electron chi connectivity index (χ0n) is 9.10. The Labute approximate surface area is 107 Å². The molecule has 88 valence electrons. The van der Waals surface area contributed by atoms with Gasteiger partial charge in [-0.2, -0.15) is 0 Å². The Kier molecular flexibility index (Phi) is 2.50. The maximum Gasteiger partial charge on any atom is 0.237 e. The van der Waals surface area contributed by atoms with E-state index in [4.69, 9.17) is 0 Å². The molecule has 2 amide bonds. The van der Waals surface area contributed by atoms with Crippen molar-refractivity contribution in [1.82, 2.24) is 4.98 Å². The SMILES string of the molecule is O=C1C2CCCC2C(=O)N1c1ccncc1Br. The maximum atomic E-state index is 12.2. The molecular weight excluding hydrogens is 284 g/mol. The fourth-order valence-corrected chi connectivity index (χ4v) is 3.21. The third kappa shape index (κ3) is 1.52. The molecule has 17 heavy (non-hydrogen) atoms. The Hall–Kier alpha value is -1.23. The molecule has 0 spiro atoms. The van der Waals surface area contributed by atoms with E-state index in [0.717, 1.165) is 19.3 Å². The molecule has 2 fully saturated rings. The van der Waals surface area contributed by atoms with Gasteiger partial charge in [-0.15, -0.1) is 0 Å². The molecule has 1 aliphatic carbocycles. The first-order valence-electron chi connectivity index (χ1n) is 5.67. The molecule has 1 saturated heterocycles. The van der Waals surface area contributed by atoms with Gasteiger partial charge in [0, 0.05) is 12.4 Å². The molecule has 2 unspecified atom stereocenters. The lowest BCUT2D eigenvalue weighted by atomic mass is 10.00. The Morgan fingerprint density at radius 3 is 2.47 bits per heavy atom. The molecule has 0 aromatic carbocycles. The van der Waals surface area contributed by atoms with E-state index < -0.39 is 0 Å². The highest BCUT2D eigenvalue weighted by molar-refractivity contribution is 9.10. The summed E-state index contributed by atoms with van der Waals surface area (Å²) in [5, 5.41) is 0. The fraction of sp³-hybridized carbons (Fsp3) is 0.417. The summed E-state index contributed by atoms with van der Waals surface area (Å²) in [5.41, 5.74) is 0.615. The summed E-state index contributed by atoms with van der Waals surface area (Å²) in [6, 6.07) is 1.70. The number of amides is 2. The third-order valence-corrected chi connectivity index (χ3v) is 4.19. The molecule has 0 N–H and O–H groups in total. The molecule has 5 heteroatoms. The number of carbonyl (C=O) groups excluding carboxylic acids is 2. The second-order valence-electron chi connectivity index (χ2n) is 4.48. The summed E-state index contributed by atoms with van der Waals surface area (Å²) in [4.78, 5) is 29.7. The van der Waals surface area contributed by atoms with Gasteiger partial charge in [0.05, 0.1) is 22.0 Å². The number of hydrogen-bond acceptors (Lipinski definition) is 3. The minimum Gasteiger partial charge on any atom is -0.274 e. The Balaban J connectivity index is 2.03. The quantitative estimate of drug-likeness (QED) is 0.746. The number of aromatic nitrogens is 1. The third-order valence-electron chi connectivity index (χ3n) is 3.58. The van der Waals surface area contributed by atoms with Gasteiger partial charge in [-0.1, -0.05) is 6.42 Å². The van der Waals surface area contributed by atoms with Crippen LogP contribution < -0.4 is 4.90 Å². The number of fused-ring (bicyclic) bond motifs is 1. The van der Waals surface area contributed by atoms with Crippen LogP contribution in [0, 0.1) is 11.8 Å². The largest absolute Gasteiger partial charge is 0.274 e. The summed E-state index contributed by atoms with van der Waals surface area (Å²) in [6.45, 7) is 0. The number of pyridine rings is 1. The molecule has 1 aliphatic heterocycles. The van der Waals surface area contributed by atoms with Crippen molar-refractivity contribution in [2.24, 2.45) is 11.8 Å². The number of anilines is 1. The second kappa shape index (κ2) is 3.91. The predicted octanol–water partition coefficient (Wildman–Crippen LogP) is 2.13. The van der Waals surface area contributed by atoms with E-state index >= 15 is 0 Å². The van der Waals surface area contributed by atoms with E-state index in [9.17, 15) is 9.59 Å². The van der Waals surface area contributed by atoms with Crippen molar-refractivity contribution in [3.05, 3.63) is 22.9 Å². The first-order valence-corrected chi connectivity index (χ1v) is 6.47. The van der Waals surface area contributed by atoms with Gasteiger partial charge in [-0.25, -0.2) is 4.90 Å². The number of halogens is 1. The van der Waals surface area contributed by atoms with Crippen molar-refractivity contribution in [3.8, 4) is 0 Å². The molecule has 2 heterocycles. The number of imide groups is 1. The number of hydrogen-bond donors (Lipinski definition) is 0. The summed E-state index contributed by atoms with van der Waals surface area (Å²) >= 11 is 3.33. The van der Waals surface area contributed by atoms with Gasteiger partial charge in [-0.05, 0) is 34.8 Å². The van der Waals surface area contributed by atoms with Gasteiger partial charge in [0.2, 0.25) is 11.8 Å². The smallest absolute Gasteiger partial charge is 0.237 e. The molecule has 3 rings (SSSR count). The van der Waals surface area contributed by atoms with Crippen LogP contribution in [0.15, 0.2) is 22.9 Å². The second-order valence-corrected chi connectivity index (χ2v) is 5.34. The Morgan fingerprint density at radius 2 is 1.88 bits per heavy atom. The molecule has 1 aromatic heterocycles. The summed E-state index contributed by atoms with van der Waals surface area (Å²) in [7, 11) is 0. The summed E-state index contributed by atoms with van der Waals surface area (Å²) in [5.74, 6) is -0.293. The highest BCUT2D eigenvalue weighted by Crippen LogP contribution is 2.42. The van der Waals surface area contributed by atoms with Crippen LogP contribution in [0.2, 0.25) is 0 Å². The van der Waals surface area contributed by atoms with E-state index in [0.29, 0.717) is 10.2 Å². The lowest BCUT2D eigenvalue weighted by Crippen LogP contribution is -2.31. The van der Waals surface area contributed by atoms with Crippen molar-refractivity contribution >= 4 is 33.4 Å². The first-order chi connectivity index (χ1) is 8.20. The topological polar surface area (TPSA) is 50.3 Å². The number of carbonyl (C=O) groups is 2. The van der Waals surface area contributed by atoms with Crippen LogP contribution >= 0.6 is 15.9 Å². The average Bonchev–Trinajstić information content (AvgIpc) is 2.87. The lowest BCUT2D eigenvalue weighted by Gasteiger charge is -2.16. The van der Waals surface area contributed by atoms with Crippen molar-refractivity contribution in [3.63, 3.8) is 0 Å². The van der Waals surface area contributed by atoms with Crippen molar-refractivity contribution in [2.75, 3.05) is 4.90 Å². The van der Waals surface area contributed by atoms with Crippen molar-refractivity contribution < 1.29 is 9.59 Å². The highest BCUT2D eigenvalue weighted by Gasteiger charge is 2.50. The minimum absolute atomic E-state index is 0.0515. The van der Waals surface area contributed by atoms with E-state index in [2.05, 4.69) is 20.9 Å². The molecule has 1 aromatic rings. The van der Waals surface area contributed by atoms with Gasteiger partial charge < -0.3 is 0 Å². The van der Waals surface area contributed by atoms with Crippen LogP contribution in [-0.4, -0.2) is 16.8 Å². The molecule has 0 radical (unpaired) electrons. The number of nitrogens with zero attached hydrogens (tertiary/aromatic N) is 2. The predicted molar refractivity (Wildman–Crippen MR) is 65.3 cm³/mol. The molecule has 2 atom stereocenters. The van der Waals surface area contributed by atoms with Crippen molar-refractivity contribution in [2.45, 2.75) is 19.3 Å². The van der Waals surface area contributed by atoms with Gasteiger partial charge in [0.25, 0.3) is 0 Å². The van der Waals surface area contributed by atoms with Crippen LogP contribution in [0.5, 0.6) is 0 Å². The standard InChI is InChI=1S/C12H11BrN2O2/c13-9-6-14-5-4-10(9)15-11(16)7-2-1-3-8(7)12(15)17/h4-8H,1-3H2.